The van der Waals surface area contributed by atoms with Crippen molar-refractivity contribution in [2.45, 2.75) is 13.5 Å². The van der Waals surface area contributed by atoms with E-state index in [2.05, 4.69) is 10.2 Å². The molecule has 1 saturated heterocycles. The van der Waals surface area contributed by atoms with Crippen molar-refractivity contribution >= 4 is 28.8 Å². The fraction of sp³-hybridized carbons (Fsp3) is 0.409. The number of hydrogen-bond acceptors (Lipinski definition) is 5. The zero-order valence-corrected chi connectivity index (χ0v) is 18.2. The van der Waals surface area contributed by atoms with Gasteiger partial charge in [0.2, 0.25) is 0 Å². The van der Waals surface area contributed by atoms with Gasteiger partial charge in [-0.1, -0.05) is 42.0 Å². The molecule has 0 amide bonds. The predicted octanol–water partition coefficient (Wildman–Crippen LogP) is 3.92. The van der Waals surface area contributed by atoms with Gasteiger partial charge in [-0.05, 0) is 31.2 Å². The molecule has 0 aliphatic carbocycles. The highest BCUT2D eigenvalue weighted by Gasteiger charge is 2.12. The van der Waals surface area contributed by atoms with Crippen molar-refractivity contribution in [2.75, 3.05) is 46.0 Å². The summed E-state index contributed by atoms with van der Waals surface area (Å²) >= 11 is 11.8. The zero-order valence-electron chi connectivity index (χ0n) is 16.7. The first kappa shape index (κ1) is 21.8. The molecule has 0 bridgehead atoms. The van der Waals surface area contributed by atoms with Gasteiger partial charge in [-0.2, -0.15) is 0 Å². The Bertz CT molecular complexity index is 812. The lowest BCUT2D eigenvalue weighted by molar-refractivity contribution is 0.0389. The molecule has 2 aromatic carbocycles. The molecule has 1 fully saturated rings. The molecule has 1 aliphatic rings. The topological polar surface area (TPSA) is 43.0 Å². The Labute approximate surface area is 182 Å². The number of benzene rings is 2. The maximum absolute atomic E-state index is 6.22. The summed E-state index contributed by atoms with van der Waals surface area (Å²) in [5.41, 5.74) is 1.84. The molecule has 3 rings (SSSR count). The minimum atomic E-state index is 0.376. The molecular weight excluding hydrogens is 408 g/mol. The van der Waals surface area contributed by atoms with Crippen LogP contribution in [0.3, 0.4) is 0 Å². The van der Waals surface area contributed by atoms with Gasteiger partial charge < -0.3 is 19.5 Å². The largest absolute Gasteiger partial charge is 0.490 e. The molecule has 0 atom stereocenters. The van der Waals surface area contributed by atoms with Crippen LogP contribution in [0.5, 0.6) is 11.5 Å². The van der Waals surface area contributed by atoms with Crippen molar-refractivity contribution in [1.29, 1.82) is 0 Å². The summed E-state index contributed by atoms with van der Waals surface area (Å²) in [6, 6.07) is 13.4. The molecule has 7 heteroatoms. The van der Waals surface area contributed by atoms with Gasteiger partial charge in [0, 0.05) is 42.3 Å². The number of ether oxygens (including phenoxy) is 3. The lowest BCUT2D eigenvalue weighted by Gasteiger charge is -2.26. The molecule has 156 valence electrons. The second kappa shape index (κ2) is 11.4. The number of thiocarbonyl (C=S) groups is 1. The molecule has 5 nitrogen and oxygen atoms in total. The monoisotopic (exact) mass is 434 g/mol. The fourth-order valence-electron chi connectivity index (χ4n) is 3.06. The molecule has 29 heavy (non-hydrogen) atoms. The average molecular weight is 435 g/mol. The van der Waals surface area contributed by atoms with Crippen LogP contribution in [0.15, 0.2) is 42.5 Å². The summed E-state index contributed by atoms with van der Waals surface area (Å²) in [6.45, 7) is 8.17. The number of nitrogens with one attached hydrogen (secondary N) is 1. The van der Waals surface area contributed by atoms with Crippen LogP contribution in [0.1, 0.15) is 18.1 Å². The second-order valence-electron chi connectivity index (χ2n) is 6.68. The maximum atomic E-state index is 6.22. The molecule has 2 aromatic rings. The van der Waals surface area contributed by atoms with E-state index < -0.39 is 0 Å². The smallest absolute Gasteiger partial charge is 0.161 e. The molecule has 0 spiro atoms. The van der Waals surface area contributed by atoms with Crippen LogP contribution >= 0.6 is 23.8 Å². The minimum Gasteiger partial charge on any atom is -0.490 e. The van der Waals surface area contributed by atoms with Crippen molar-refractivity contribution in [3.8, 4) is 11.5 Å². The quantitative estimate of drug-likeness (QED) is 0.603. The van der Waals surface area contributed by atoms with Crippen LogP contribution in [-0.2, 0) is 11.3 Å². The first-order chi connectivity index (χ1) is 14.2. The van der Waals surface area contributed by atoms with Gasteiger partial charge in [0.25, 0.3) is 0 Å². The van der Waals surface area contributed by atoms with E-state index in [0.717, 1.165) is 50.5 Å². The second-order valence-corrected chi connectivity index (χ2v) is 7.50. The Hall–Kier alpha value is -1.86. The Kier molecular flexibility index (Phi) is 8.55. The number of morpholine rings is 1. The highest BCUT2D eigenvalue weighted by molar-refractivity contribution is 7.80. The van der Waals surface area contributed by atoms with Crippen molar-refractivity contribution in [2.24, 2.45) is 0 Å². The van der Waals surface area contributed by atoms with E-state index in [4.69, 9.17) is 38.0 Å². The van der Waals surface area contributed by atoms with Gasteiger partial charge in [-0.3, -0.25) is 4.90 Å². The van der Waals surface area contributed by atoms with E-state index in [9.17, 15) is 0 Å². The standard InChI is InChI=1S/C22H27ClN2O3S/c1-2-27-21-15-17(22(29)24-9-10-25-11-13-26-14-12-25)7-8-20(21)28-16-18-5-3-4-6-19(18)23/h3-8,15H,2,9-14,16H2,1H3,(H,24,29). The maximum Gasteiger partial charge on any atom is 0.161 e. The van der Waals surface area contributed by atoms with E-state index in [1.165, 1.54) is 0 Å². The van der Waals surface area contributed by atoms with Crippen LogP contribution in [-0.4, -0.2) is 55.9 Å². The fourth-order valence-corrected chi connectivity index (χ4v) is 3.48. The Morgan fingerprint density at radius 1 is 1.14 bits per heavy atom. The summed E-state index contributed by atoms with van der Waals surface area (Å²) in [6.07, 6.45) is 0. The first-order valence-corrected chi connectivity index (χ1v) is 10.7. The van der Waals surface area contributed by atoms with E-state index in [1.807, 2.05) is 49.4 Å². The minimum absolute atomic E-state index is 0.376. The highest BCUT2D eigenvalue weighted by atomic mass is 35.5. The van der Waals surface area contributed by atoms with Crippen LogP contribution in [0.4, 0.5) is 0 Å². The molecule has 0 unspecified atom stereocenters. The SMILES string of the molecule is CCOc1cc(C(=S)NCCN2CCOCC2)ccc1OCc1ccccc1Cl. The Morgan fingerprint density at radius 3 is 2.69 bits per heavy atom. The molecular formula is C22H27ClN2O3S. The number of halogens is 1. The van der Waals surface area contributed by atoms with Gasteiger partial charge in [-0.15, -0.1) is 0 Å². The highest BCUT2D eigenvalue weighted by Crippen LogP contribution is 2.30. The van der Waals surface area contributed by atoms with Crippen molar-refractivity contribution in [3.05, 3.63) is 58.6 Å². The normalized spacial score (nSPS) is 14.4. The summed E-state index contributed by atoms with van der Waals surface area (Å²) < 4.78 is 17.1. The van der Waals surface area contributed by atoms with E-state index >= 15 is 0 Å². The van der Waals surface area contributed by atoms with E-state index in [1.54, 1.807) is 0 Å². The molecule has 0 saturated carbocycles. The first-order valence-electron chi connectivity index (χ1n) is 9.88. The molecule has 0 radical (unpaired) electrons. The van der Waals surface area contributed by atoms with Gasteiger partial charge in [0.05, 0.1) is 19.8 Å². The molecule has 0 aromatic heterocycles. The third-order valence-electron chi connectivity index (χ3n) is 4.66. The summed E-state index contributed by atoms with van der Waals surface area (Å²) in [5.74, 6) is 1.35. The zero-order chi connectivity index (χ0) is 20.5. The van der Waals surface area contributed by atoms with Crippen LogP contribution in [0, 0.1) is 0 Å². The average Bonchev–Trinajstić information content (AvgIpc) is 2.74. The lowest BCUT2D eigenvalue weighted by Crippen LogP contribution is -2.41. The van der Waals surface area contributed by atoms with Crippen LogP contribution in [0.25, 0.3) is 0 Å². The van der Waals surface area contributed by atoms with Crippen molar-refractivity contribution < 1.29 is 14.2 Å². The molecule has 1 aliphatic heterocycles. The van der Waals surface area contributed by atoms with Gasteiger partial charge in [-0.25, -0.2) is 0 Å². The number of hydrogen-bond donors (Lipinski definition) is 1. The number of rotatable bonds is 9. The van der Waals surface area contributed by atoms with Crippen LogP contribution in [0.2, 0.25) is 5.02 Å². The van der Waals surface area contributed by atoms with Gasteiger partial charge >= 0.3 is 0 Å². The van der Waals surface area contributed by atoms with Gasteiger partial charge in [0.15, 0.2) is 11.5 Å². The van der Waals surface area contributed by atoms with E-state index in [0.29, 0.717) is 34.7 Å². The number of nitrogens with zero attached hydrogens (tertiary/aromatic N) is 1. The molecule has 1 N–H and O–H groups in total. The lowest BCUT2D eigenvalue weighted by atomic mass is 10.2. The Balaban J connectivity index is 1.58. The third-order valence-corrected chi connectivity index (χ3v) is 5.41. The van der Waals surface area contributed by atoms with Crippen molar-refractivity contribution in [3.63, 3.8) is 0 Å². The van der Waals surface area contributed by atoms with Crippen LogP contribution < -0.4 is 14.8 Å². The van der Waals surface area contributed by atoms with Crippen molar-refractivity contribution in [1.82, 2.24) is 10.2 Å². The predicted molar refractivity (Wildman–Crippen MR) is 120 cm³/mol. The third kappa shape index (κ3) is 6.57. The van der Waals surface area contributed by atoms with Gasteiger partial charge in [0.1, 0.15) is 11.6 Å². The van der Waals surface area contributed by atoms with E-state index in [-0.39, 0.29) is 0 Å². The Morgan fingerprint density at radius 2 is 1.93 bits per heavy atom. The molecule has 1 heterocycles. The summed E-state index contributed by atoms with van der Waals surface area (Å²) in [4.78, 5) is 3.08. The summed E-state index contributed by atoms with van der Waals surface area (Å²) in [5, 5.41) is 4.02. The summed E-state index contributed by atoms with van der Waals surface area (Å²) in [7, 11) is 0.